The van der Waals surface area contributed by atoms with Crippen LogP contribution >= 0.6 is 23.2 Å². The molecule has 2 aromatic rings. The third-order valence-electron chi connectivity index (χ3n) is 3.74. The summed E-state index contributed by atoms with van der Waals surface area (Å²) in [6, 6.07) is 14.9. The van der Waals surface area contributed by atoms with Gasteiger partial charge in [-0.15, -0.1) is 0 Å². The monoisotopic (exact) mass is 458 g/mol. The molecule has 1 N–H and O–H groups in total. The van der Waals surface area contributed by atoms with Gasteiger partial charge in [-0.25, -0.2) is 0 Å². The smallest absolute Gasteiger partial charge is 1.00 e. The van der Waals surface area contributed by atoms with Gasteiger partial charge < -0.3 is 29.1 Å². The number of benzene rings is 2. The zero-order valence-electron chi connectivity index (χ0n) is 11.7. The fourth-order valence-corrected chi connectivity index (χ4v) is 2.80. The summed E-state index contributed by atoms with van der Waals surface area (Å²) >= 11 is 11.8. The second-order valence-corrected chi connectivity index (χ2v) is 5.93. The maximum atomic E-state index is 11.2. The Kier molecular flexibility index (Phi) is 8.20. The third kappa shape index (κ3) is 4.46. The van der Waals surface area contributed by atoms with Crippen LogP contribution in [-0.2, 0) is 5.60 Å². The minimum atomic E-state index is -0.935. The summed E-state index contributed by atoms with van der Waals surface area (Å²) < 4.78 is 0. The molecule has 0 spiro atoms. The molecule has 0 unspecified atom stereocenters. The van der Waals surface area contributed by atoms with Crippen LogP contribution < -0.4 is 75.4 Å². The van der Waals surface area contributed by atoms with Crippen LogP contribution in [0.15, 0.2) is 48.5 Å². The normalized spacial score (nSPS) is 14.0. The molecule has 0 heterocycles. The van der Waals surface area contributed by atoms with E-state index in [0.717, 1.165) is 24.0 Å². The average molecular weight is 459 g/mol. The van der Waals surface area contributed by atoms with Crippen LogP contribution in [0.25, 0.3) is 0 Å². The van der Waals surface area contributed by atoms with Gasteiger partial charge in [0.05, 0.1) is 0 Å². The van der Waals surface area contributed by atoms with E-state index in [9.17, 15) is 5.11 Å². The van der Waals surface area contributed by atoms with Crippen LogP contribution in [0.4, 0.5) is 0 Å². The average Bonchev–Trinajstić information content (AvgIpc) is 3.24. The van der Waals surface area contributed by atoms with E-state index < -0.39 is 5.60 Å². The first-order chi connectivity index (χ1) is 9.10. The van der Waals surface area contributed by atoms with Gasteiger partial charge in [-0.2, -0.15) is 0 Å². The predicted molar refractivity (Wildman–Crippen MR) is 78.6 cm³/mol. The maximum absolute atomic E-state index is 11.2. The third-order valence-corrected chi connectivity index (χ3v) is 4.24. The van der Waals surface area contributed by atoms with Crippen LogP contribution in [0.5, 0.6) is 0 Å². The van der Waals surface area contributed by atoms with Crippen LogP contribution in [-0.4, -0.2) is 5.11 Å². The first-order valence-electron chi connectivity index (χ1n) is 6.35. The van der Waals surface area contributed by atoms with Crippen molar-refractivity contribution in [3.8, 4) is 0 Å². The Morgan fingerprint density at radius 2 is 1.14 bits per heavy atom. The number of hydrogen-bond acceptors (Lipinski definition) is 1. The van der Waals surface area contributed by atoms with E-state index in [0.29, 0.717) is 10.0 Å². The van der Waals surface area contributed by atoms with Crippen molar-refractivity contribution in [2.75, 3.05) is 0 Å². The number of halogens is 3. The first-order valence-corrected chi connectivity index (χ1v) is 7.11. The van der Waals surface area contributed by atoms with E-state index in [1.54, 1.807) is 0 Å². The van der Waals surface area contributed by atoms with E-state index in [4.69, 9.17) is 23.2 Å². The molecule has 2 aromatic carbocycles. The van der Waals surface area contributed by atoms with Crippen molar-refractivity contribution in [3.63, 3.8) is 0 Å². The van der Waals surface area contributed by atoms with Gasteiger partial charge in [-0.3, -0.25) is 0 Å². The Labute approximate surface area is 194 Å². The van der Waals surface area contributed by atoms with Gasteiger partial charge in [-0.05, 0) is 54.2 Å². The Bertz CT molecular complexity index is 537. The topological polar surface area (TPSA) is 20.2 Å². The van der Waals surface area contributed by atoms with Crippen LogP contribution in [0.1, 0.15) is 24.0 Å². The van der Waals surface area contributed by atoms with Gasteiger partial charge in [0.1, 0.15) is 5.60 Å². The van der Waals surface area contributed by atoms with Crippen molar-refractivity contribution >= 4 is 23.2 Å². The van der Waals surface area contributed by atoms with E-state index >= 15 is 0 Å². The molecule has 5 heteroatoms. The minimum Gasteiger partial charge on any atom is -1.00 e. The van der Waals surface area contributed by atoms with Crippen molar-refractivity contribution in [3.05, 3.63) is 69.7 Å². The molecular formula is C16H14Cl2IKO. The van der Waals surface area contributed by atoms with Gasteiger partial charge in [-0.1, -0.05) is 47.5 Å². The number of aliphatic hydroxyl groups is 1. The van der Waals surface area contributed by atoms with E-state index in [1.807, 2.05) is 48.5 Å². The van der Waals surface area contributed by atoms with Crippen molar-refractivity contribution in [1.29, 1.82) is 0 Å². The van der Waals surface area contributed by atoms with E-state index in [-0.39, 0.29) is 81.3 Å². The Balaban J connectivity index is 0.00000110. The molecule has 1 aliphatic carbocycles. The molecule has 106 valence electrons. The van der Waals surface area contributed by atoms with Crippen molar-refractivity contribution in [1.82, 2.24) is 0 Å². The van der Waals surface area contributed by atoms with Gasteiger partial charge >= 0.3 is 51.4 Å². The first kappa shape index (κ1) is 20.4. The molecule has 0 aliphatic heterocycles. The largest absolute Gasteiger partial charge is 1.00 e. The zero-order chi connectivity index (χ0) is 13.5. The number of hydrogen-bond donors (Lipinski definition) is 1. The summed E-state index contributed by atoms with van der Waals surface area (Å²) in [6.45, 7) is 0. The van der Waals surface area contributed by atoms with Crippen molar-refractivity contribution in [2.24, 2.45) is 5.92 Å². The molecule has 0 atom stereocenters. The molecule has 1 fully saturated rings. The molecule has 0 amide bonds. The van der Waals surface area contributed by atoms with Crippen LogP contribution in [0.3, 0.4) is 0 Å². The van der Waals surface area contributed by atoms with Gasteiger partial charge in [0.15, 0.2) is 0 Å². The molecule has 21 heavy (non-hydrogen) atoms. The van der Waals surface area contributed by atoms with Gasteiger partial charge in [0.2, 0.25) is 0 Å². The summed E-state index contributed by atoms with van der Waals surface area (Å²) in [4.78, 5) is 0. The van der Waals surface area contributed by atoms with Crippen molar-refractivity contribution in [2.45, 2.75) is 18.4 Å². The molecular weight excluding hydrogens is 445 g/mol. The molecule has 1 aliphatic rings. The van der Waals surface area contributed by atoms with Crippen LogP contribution in [0, 0.1) is 5.92 Å². The number of rotatable bonds is 3. The molecule has 0 aromatic heterocycles. The fraction of sp³-hybridized carbons (Fsp3) is 0.250. The standard InChI is InChI=1S/C16H14Cl2O.HI.K/c17-14-7-3-12(4-8-14)16(19,11-1-2-11)13-5-9-15(18)10-6-13;;/h3-11,19H,1-2H2;1H;/q;;+1/p-1. The van der Waals surface area contributed by atoms with Gasteiger partial charge in [0.25, 0.3) is 0 Å². The summed E-state index contributed by atoms with van der Waals surface area (Å²) in [5.41, 5.74) is 0.846. The Morgan fingerprint density at radius 1 is 0.810 bits per heavy atom. The molecule has 0 radical (unpaired) electrons. The summed E-state index contributed by atoms with van der Waals surface area (Å²) in [7, 11) is 0. The van der Waals surface area contributed by atoms with Crippen molar-refractivity contribution < 1.29 is 80.5 Å². The van der Waals surface area contributed by atoms with Crippen LogP contribution in [0.2, 0.25) is 10.0 Å². The Hall–Kier alpha value is 1.35. The summed E-state index contributed by atoms with van der Waals surface area (Å²) in [5.74, 6) is 0.273. The second kappa shape index (κ2) is 8.45. The second-order valence-electron chi connectivity index (χ2n) is 5.05. The molecule has 0 bridgehead atoms. The molecule has 0 saturated heterocycles. The molecule has 1 saturated carbocycles. The summed E-state index contributed by atoms with van der Waals surface area (Å²) in [6.07, 6.45) is 2.09. The SMILES string of the molecule is OC(c1ccc(Cl)cc1)(c1ccc(Cl)cc1)C1CC1.[I-].[K+]. The zero-order valence-corrected chi connectivity index (χ0v) is 18.5. The van der Waals surface area contributed by atoms with Gasteiger partial charge in [0, 0.05) is 10.0 Å². The fourth-order valence-electron chi connectivity index (χ4n) is 2.55. The predicted octanol–water partition coefficient (Wildman–Crippen LogP) is -1.35. The minimum absolute atomic E-state index is 0. The quantitative estimate of drug-likeness (QED) is 0.445. The summed E-state index contributed by atoms with van der Waals surface area (Å²) in [5, 5.41) is 12.5. The molecule has 1 nitrogen and oxygen atoms in total. The maximum Gasteiger partial charge on any atom is 1.00 e. The van der Waals surface area contributed by atoms with E-state index in [2.05, 4.69) is 0 Å². The van der Waals surface area contributed by atoms with E-state index in [1.165, 1.54) is 0 Å². The Morgan fingerprint density at radius 3 is 1.43 bits per heavy atom. The molecule has 3 rings (SSSR count).